The van der Waals surface area contributed by atoms with Gasteiger partial charge in [0.25, 0.3) is 0 Å². The van der Waals surface area contributed by atoms with Crippen molar-refractivity contribution < 1.29 is 120 Å². The van der Waals surface area contributed by atoms with E-state index in [0.29, 0.717) is 128 Å². The number of nitrogens with two attached hydrogens (primary N) is 1. The van der Waals surface area contributed by atoms with Gasteiger partial charge in [-0.2, -0.15) is 0 Å². The number of alkyl halides is 2. The summed E-state index contributed by atoms with van der Waals surface area (Å²) < 4.78 is 133. The Morgan fingerprint density at radius 3 is 1.28 bits per heavy atom. The van der Waals surface area contributed by atoms with E-state index < -0.39 is 18.2 Å². The van der Waals surface area contributed by atoms with E-state index in [1.54, 1.807) is 99.0 Å². The van der Waals surface area contributed by atoms with Crippen molar-refractivity contribution in [2.24, 2.45) is 5.73 Å². The largest absolute Gasteiger partial charge is 1.00 e. The second-order valence-electron chi connectivity index (χ2n) is 26.4. The van der Waals surface area contributed by atoms with Gasteiger partial charge >= 0.3 is 35.5 Å². The topological polar surface area (TPSA) is 270 Å². The summed E-state index contributed by atoms with van der Waals surface area (Å²) in [7, 11) is 1.57. The number of hydrogen-bond acceptors (Lipinski definition) is 24. The van der Waals surface area contributed by atoms with Crippen LogP contribution in [0.1, 0.15) is 88.8 Å². The first-order valence-corrected chi connectivity index (χ1v) is 50.2. The van der Waals surface area contributed by atoms with Crippen molar-refractivity contribution in [1.29, 1.82) is 0 Å². The molecule has 17 aromatic rings. The average molecular weight is 2280 g/mol. The van der Waals surface area contributed by atoms with Crippen LogP contribution < -0.4 is 55.7 Å². The van der Waals surface area contributed by atoms with Crippen LogP contribution in [0, 0.1) is 40.7 Å². The van der Waals surface area contributed by atoms with Crippen molar-refractivity contribution >= 4 is 262 Å². The minimum Gasteiger partial charge on any atom is -1.00 e. The number of aliphatic hydroxyl groups excluding tert-OH is 4. The van der Waals surface area contributed by atoms with E-state index in [-0.39, 0.29) is 131 Å². The molecular weight excluding hydrogens is 2200 g/mol. The molecule has 0 saturated heterocycles. The van der Waals surface area contributed by atoms with E-state index in [1.807, 2.05) is 48.5 Å². The molecule has 10 aromatic heterocycles. The summed E-state index contributed by atoms with van der Waals surface area (Å²) in [5.41, 5.74) is 11.6. The maximum absolute atomic E-state index is 14.0. The Labute approximate surface area is 831 Å². The number of halogens is 13. The molecule has 39 heteroatoms. The number of nitrogens with zero attached hydrogens (tertiary/aromatic N) is 3. The monoisotopic (exact) mass is 2270 g/mol. The van der Waals surface area contributed by atoms with Crippen LogP contribution in [-0.2, 0) is 53.9 Å². The molecule has 0 saturated carbocycles. The van der Waals surface area contributed by atoms with Crippen LogP contribution in [0.4, 0.5) is 30.7 Å². The Kier molecular flexibility index (Phi) is 40.1. The van der Waals surface area contributed by atoms with Gasteiger partial charge in [-0.25, -0.2) is 50.5 Å². The summed E-state index contributed by atoms with van der Waals surface area (Å²) >= 11 is 28.0. The fourth-order valence-corrected chi connectivity index (χ4v) is 22.6. The predicted molar refractivity (Wildman–Crippen MR) is 522 cm³/mol. The van der Waals surface area contributed by atoms with Crippen molar-refractivity contribution in [1.82, 2.24) is 21.1 Å². The first-order chi connectivity index (χ1) is 60.1. The number of thiophene rings is 7. The van der Waals surface area contributed by atoms with Gasteiger partial charge in [0.15, 0.2) is 5.78 Å². The number of ketones is 1. The molecule has 17 nitrogen and oxygen atoms in total. The molecule has 3 aliphatic rings. The number of ether oxygens (including phenoxy) is 6. The molecule has 2 atom stereocenters. The van der Waals surface area contributed by atoms with Crippen molar-refractivity contribution in [3.05, 3.63) is 277 Å². The maximum atomic E-state index is 14.0. The van der Waals surface area contributed by atoms with E-state index in [1.165, 1.54) is 110 Å². The number of fused-ring (bicyclic) bond motifs is 19. The third-order valence-corrected chi connectivity index (χ3v) is 30.4. The molecule has 13 heterocycles. The summed E-state index contributed by atoms with van der Waals surface area (Å²) in [6.45, 7) is 3.98. The van der Waals surface area contributed by atoms with Crippen LogP contribution >= 0.6 is 171 Å². The Bertz CT molecular complexity index is 6640. The van der Waals surface area contributed by atoms with Crippen molar-refractivity contribution in [3.63, 3.8) is 0 Å². The number of rotatable bonds is 14. The molecular formula is C89H73BBr6F7N5NaO12S7. The Hall–Kier alpha value is -6.62. The number of esters is 1. The predicted octanol–water partition coefficient (Wildman–Crippen LogP) is 24.2. The van der Waals surface area contributed by atoms with E-state index in [2.05, 4.69) is 107 Å². The zero-order valence-corrected chi connectivity index (χ0v) is 83.9. The summed E-state index contributed by atoms with van der Waals surface area (Å²) in [5.74, 6) is -0.195. The molecule has 0 amide bonds. The van der Waals surface area contributed by atoms with E-state index in [9.17, 15) is 50.5 Å². The van der Waals surface area contributed by atoms with Crippen LogP contribution in [0.5, 0.6) is 17.2 Å². The van der Waals surface area contributed by atoms with Gasteiger partial charge in [0.05, 0.1) is 90.7 Å². The summed E-state index contributed by atoms with van der Waals surface area (Å²) in [6, 6.07) is 48.7. The Morgan fingerprint density at radius 1 is 0.508 bits per heavy atom. The molecule has 128 heavy (non-hydrogen) atoms. The quantitative estimate of drug-likeness (QED) is 0.0112. The van der Waals surface area contributed by atoms with Gasteiger partial charge in [0.2, 0.25) is 0 Å². The minimum atomic E-state index is -0.822. The third kappa shape index (κ3) is 23.4. The van der Waals surface area contributed by atoms with Crippen molar-refractivity contribution in [2.45, 2.75) is 66.2 Å². The fourth-order valence-electron chi connectivity index (χ4n) is 13.1. The molecule has 2 unspecified atom stereocenters. The normalized spacial score (nSPS) is 11.9. The smallest absolute Gasteiger partial charge is 1.00 e. The standard InChI is InChI=1S/C16H11BrFNO2S.C16H9BrFNO2S.C16H13FN2O2S.C11H10BrFO2S.C11H9FO2S.C9H6BrFOS.C9H7FOS.CH4.B.Br2.H3N.Na.H/c2*17-6-11(20)10-4-5-12-15(19-10)14-8-2-1-3-9(18)16(8)22-13(14)7-21-12;17-9-3-1-2-8-14-13(22-16(8)9)7-21-12-5-4-10(11(20)6-18)19-15(12)14;1-14-6-15-5-9-10(12)7-3-2-4-8(13)11(7)16-9;1-2-14-11(13)9-6-7-4-3-5-8(12)10(7)15-9;10-8-5-2-1-3-6(11)9(5)13-7(8)4-12;10-8-3-1-2-6-4-7(5-11)12-9(6)8;;;1-2;;;/h1-5,11,20H,6-7H2;1-5H,6-7H2;1-5,11,20H,6-7,18H2;2-4H,5-6H2,1H3;3-6H,2H2,1H3;1-3,12H,4H2;1-4,11H,5H2;1H4;;;1H3;;/q;;;;;;;;;;;+1;-1. The number of carbonyl (C=O) groups is 2. The van der Waals surface area contributed by atoms with Gasteiger partial charge in [-0.15, -0.1) is 79.4 Å². The van der Waals surface area contributed by atoms with Gasteiger partial charge < -0.3 is 62.2 Å². The first kappa shape index (κ1) is 105. The molecule has 9 N–H and O–H groups in total. The summed E-state index contributed by atoms with van der Waals surface area (Å²) in [4.78, 5) is 42.6. The molecule has 0 fully saturated rings. The van der Waals surface area contributed by atoms with E-state index in [4.69, 9.17) is 44.4 Å². The van der Waals surface area contributed by atoms with Crippen molar-refractivity contribution in [2.75, 3.05) is 37.7 Å². The molecule has 663 valence electrons. The van der Waals surface area contributed by atoms with Crippen LogP contribution in [0.15, 0.2) is 185 Å². The summed E-state index contributed by atoms with van der Waals surface area (Å²) in [6.07, 6.45) is -1.50. The molecule has 3 radical (unpaired) electrons. The molecule has 3 aliphatic heterocycles. The van der Waals surface area contributed by atoms with Gasteiger partial charge in [-0.05, 0) is 141 Å². The molecule has 20 rings (SSSR count). The van der Waals surface area contributed by atoms with E-state index >= 15 is 0 Å². The average Bonchev–Trinajstić information content (AvgIpc) is 1.61. The van der Waals surface area contributed by atoms with E-state index in [0.717, 1.165) is 104 Å². The minimum absolute atomic E-state index is 0. The van der Waals surface area contributed by atoms with Crippen molar-refractivity contribution in [3.8, 4) is 51.0 Å². The number of Topliss-reactive ketones (excluding diaryl/α,β-unsaturated/α-hetero) is 1. The molecule has 0 bridgehead atoms. The number of hydrogen-bond donors (Lipinski definition) is 6. The number of benzene rings is 7. The zero-order valence-electron chi connectivity index (χ0n) is 67.7. The Morgan fingerprint density at radius 2 is 0.891 bits per heavy atom. The second-order valence-corrected chi connectivity index (χ2v) is 37.0. The van der Waals surface area contributed by atoms with Crippen LogP contribution in [0.25, 0.3) is 104 Å². The maximum Gasteiger partial charge on any atom is 1.00 e. The second kappa shape index (κ2) is 48.9. The number of aliphatic hydroxyl groups is 4. The van der Waals surface area contributed by atoms with Crippen LogP contribution in [-0.4, -0.2) is 93.3 Å². The number of carbonyl (C=O) groups excluding carboxylic acids is 2. The molecule has 0 spiro atoms. The number of aromatic nitrogens is 3. The SMILES string of the molecule is BrBr.C.CCOC(=O)c1cc2cccc(F)c2s1.COCOCc1sc2c(F)cccc2c1Br.N.NCC(O)c1ccc2c(n1)-c1c(sc3c(F)cccc13)CO2.O=C(CBr)c1ccc2c(n1)-c1c(sc3c(F)cccc13)CO2.OC(CBr)c1ccc2c(n1)-c1c(sc3c(F)cccc13)CO2.OCc1cc2cccc(F)c2s1.OCc1sc2c(F)cccc2c1Br.[B].[H-].[Na+]. The number of pyridine rings is 3. The molecule has 0 aliphatic carbocycles. The van der Waals surface area contributed by atoms with Crippen LogP contribution in [0.2, 0.25) is 0 Å². The first-order valence-electron chi connectivity index (χ1n) is 37.0. The molecule has 7 aromatic carbocycles. The van der Waals surface area contributed by atoms with Gasteiger partial charge in [0, 0.05) is 123 Å². The van der Waals surface area contributed by atoms with Crippen LogP contribution in [0.3, 0.4) is 0 Å². The van der Waals surface area contributed by atoms with Gasteiger partial charge in [0.1, 0.15) is 124 Å². The Balaban J connectivity index is 0.000000186. The fraction of sp³-hybridized carbons (Fsp3) is 0.180. The zero-order chi connectivity index (χ0) is 88.2. The third-order valence-electron chi connectivity index (χ3n) is 18.7. The summed E-state index contributed by atoms with van der Waals surface area (Å²) in [5, 5.41) is 44.1. The van der Waals surface area contributed by atoms with Gasteiger partial charge in [-0.3, -0.25) is 4.79 Å². The van der Waals surface area contributed by atoms with Gasteiger partial charge in [-0.1, -0.05) is 124 Å². The number of methoxy groups -OCH3 is 1.